The second-order valence-electron chi connectivity index (χ2n) is 7.26. The first kappa shape index (κ1) is 18.2. The predicted molar refractivity (Wildman–Crippen MR) is 101 cm³/mol. The SMILES string of the molecule is Cc1cc(C)cc(CCC(=O)N2C[C@@H](C(=O)O)[C@H](c3ccccc3)C2)c1. The first-order chi connectivity index (χ1) is 12.4. The summed E-state index contributed by atoms with van der Waals surface area (Å²) in [7, 11) is 0. The van der Waals surface area contributed by atoms with Crippen LogP contribution in [0.1, 0.15) is 34.6 Å². The van der Waals surface area contributed by atoms with Crippen LogP contribution in [0.4, 0.5) is 0 Å². The van der Waals surface area contributed by atoms with E-state index in [2.05, 4.69) is 32.0 Å². The number of carbonyl (C=O) groups is 2. The molecule has 1 amide bonds. The van der Waals surface area contributed by atoms with Gasteiger partial charge in [0, 0.05) is 25.4 Å². The fraction of sp³-hybridized carbons (Fsp3) is 0.364. The first-order valence-corrected chi connectivity index (χ1v) is 9.06. The van der Waals surface area contributed by atoms with Crippen LogP contribution in [0.2, 0.25) is 0 Å². The van der Waals surface area contributed by atoms with Gasteiger partial charge >= 0.3 is 5.97 Å². The number of hydrogen-bond acceptors (Lipinski definition) is 2. The summed E-state index contributed by atoms with van der Waals surface area (Å²) in [5, 5.41) is 9.58. The molecule has 1 saturated heterocycles. The first-order valence-electron chi connectivity index (χ1n) is 9.06. The molecular formula is C22H25NO3. The van der Waals surface area contributed by atoms with Crippen LogP contribution in [0.25, 0.3) is 0 Å². The summed E-state index contributed by atoms with van der Waals surface area (Å²) < 4.78 is 0. The van der Waals surface area contributed by atoms with Crippen LogP contribution in [0.5, 0.6) is 0 Å². The number of carboxylic acid groups (broad SMARTS) is 1. The highest BCUT2D eigenvalue weighted by molar-refractivity contribution is 5.80. The number of likely N-dealkylation sites (tertiary alicyclic amines) is 1. The molecule has 0 radical (unpaired) electrons. The molecule has 2 aromatic rings. The molecule has 2 aromatic carbocycles. The van der Waals surface area contributed by atoms with Gasteiger partial charge in [-0.15, -0.1) is 0 Å². The van der Waals surface area contributed by atoms with Crippen LogP contribution in [0, 0.1) is 19.8 Å². The maximum absolute atomic E-state index is 12.7. The Bertz CT molecular complexity index is 780. The number of carbonyl (C=O) groups excluding carboxylic acids is 1. The number of nitrogens with zero attached hydrogens (tertiary/aromatic N) is 1. The molecule has 1 fully saturated rings. The van der Waals surface area contributed by atoms with Gasteiger partial charge in [-0.05, 0) is 31.4 Å². The van der Waals surface area contributed by atoms with Gasteiger partial charge in [-0.25, -0.2) is 0 Å². The molecule has 3 rings (SSSR count). The van der Waals surface area contributed by atoms with Crippen molar-refractivity contribution in [2.45, 2.75) is 32.6 Å². The lowest BCUT2D eigenvalue weighted by molar-refractivity contribution is -0.141. The molecule has 26 heavy (non-hydrogen) atoms. The van der Waals surface area contributed by atoms with Crippen molar-refractivity contribution < 1.29 is 14.7 Å². The van der Waals surface area contributed by atoms with Crippen LogP contribution < -0.4 is 0 Å². The van der Waals surface area contributed by atoms with E-state index in [1.54, 1.807) is 4.90 Å². The molecule has 0 saturated carbocycles. The lowest BCUT2D eigenvalue weighted by Gasteiger charge is -2.17. The van der Waals surface area contributed by atoms with Gasteiger partial charge in [-0.1, -0.05) is 59.7 Å². The molecule has 0 unspecified atom stereocenters. The van der Waals surface area contributed by atoms with E-state index in [1.165, 1.54) is 11.1 Å². The Morgan fingerprint density at radius 2 is 1.69 bits per heavy atom. The van der Waals surface area contributed by atoms with E-state index in [1.807, 2.05) is 30.3 Å². The topological polar surface area (TPSA) is 57.6 Å². The monoisotopic (exact) mass is 351 g/mol. The zero-order chi connectivity index (χ0) is 18.7. The van der Waals surface area contributed by atoms with Gasteiger partial charge < -0.3 is 10.0 Å². The second kappa shape index (κ2) is 7.73. The van der Waals surface area contributed by atoms with E-state index in [9.17, 15) is 14.7 Å². The second-order valence-corrected chi connectivity index (χ2v) is 7.26. The summed E-state index contributed by atoms with van der Waals surface area (Å²) in [5.74, 6) is -1.47. The summed E-state index contributed by atoms with van der Waals surface area (Å²) in [6, 6.07) is 16.0. The minimum atomic E-state index is -0.830. The van der Waals surface area contributed by atoms with E-state index >= 15 is 0 Å². The number of amides is 1. The Hall–Kier alpha value is -2.62. The number of aryl methyl sites for hydroxylation is 3. The summed E-state index contributed by atoms with van der Waals surface area (Å²) in [6.45, 7) is 4.88. The van der Waals surface area contributed by atoms with Gasteiger partial charge in [0.2, 0.25) is 5.91 Å². The largest absolute Gasteiger partial charge is 0.481 e. The molecule has 0 bridgehead atoms. The normalized spacial score (nSPS) is 19.5. The quantitative estimate of drug-likeness (QED) is 0.896. The molecule has 1 N–H and O–H groups in total. The summed E-state index contributed by atoms with van der Waals surface area (Å²) >= 11 is 0. The minimum absolute atomic E-state index is 0.0360. The van der Waals surface area contributed by atoms with Crippen LogP contribution in [0.3, 0.4) is 0 Å². The molecule has 4 heteroatoms. The third-order valence-electron chi connectivity index (χ3n) is 5.13. The molecule has 1 aliphatic heterocycles. The van der Waals surface area contributed by atoms with Gasteiger partial charge in [-0.3, -0.25) is 9.59 Å². The van der Waals surface area contributed by atoms with E-state index in [-0.39, 0.29) is 11.8 Å². The average molecular weight is 351 g/mol. The number of hydrogen-bond donors (Lipinski definition) is 1. The zero-order valence-corrected chi connectivity index (χ0v) is 15.3. The predicted octanol–water partition coefficient (Wildman–Crippen LogP) is 3.56. The number of aliphatic carboxylic acids is 1. The van der Waals surface area contributed by atoms with Crippen molar-refractivity contribution in [1.82, 2.24) is 4.90 Å². The van der Waals surface area contributed by atoms with Crippen molar-refractivity contribution >= 4 is 11.9 Å². The molecule has 1 aliphatic rings. The standard InChI is InChI=1S/C22H25NO3/c1-15-10-16(2)12-17(11-15)8-9-21(24)23-13-19(20(14-23)22(25)26)18-6-4-3-5-7-18/h3-7,10-12,19-20H,8-9,13-14H2,1-2H3,(H,25,26)/t19-,20+/m0/s1. The van der Waals surface area contributed by atoms with E-state index < -0.39 is 11.9 Å². The third kappa shape index (κ3) is 4.13. The van der Waals surface area contributed by atoms with Crippen molar-refractivity contribution in [3.8, 4) is 0 Å². The highest BCUT2D eigenvalue weighted by Crippen LogP contribution is 2.33. The van der Waals surface area contributed by atoms with Crippen molar-refractivity contribution in [3.05, 3.63) is 70.8 Å². The van der Waals surface area contributed by atoms with Gasteiger partial charge in [0.25, 0.3) is 0 Å². The lowest BCUT2D eigenvalue weighted by Crippen LogP contribution is -2.30. The molecule has 136 valence electrons. The Kier molecular flexibility index (Phi) is 5.40. The highest BCUT2D eigenvalue weighted by Gasteiger charge is 2.40. The average Bonchev–Trinajstić information content (AvgIpc) is 3.05. The van der Waals surface area contributed by atoms with Crippen molar-refractivity contribution in [2.75, 3.05) is 13.1 Å². The molecule has 4 nitrogen and oxygen atoms in total. The van der Waals surface area contributed by atoms with Crippen molar-refractivity contribution in [2.24, 2.45) is 5.92 Å². The van der Waals surface area contributed by atoms with Gasteiger partial charge in [-0.2, -0.15) is 0 Å². The van der Waals surface area contributed by atoms with Gasteiger partial charge in [0.05, 0.1) is 5.92 Å². The van der Waals surface area contributed by atoms with Gasteiger partial charge in [0.1, 0.15) is 0 Å². The van der Waals surface area contributed by atoms with Crippen LogP contribution >= 0.6 is 0 Å². The summed E-state index contributed by atoms with van der Waals surface area (Å²) in [6.07, 6.45) is 1.10. The zero-order valence-electron chi connectivity index (χ0n) is 15.3. The van der Waals surface area contributed by atoms with Gasteiger partial charge in [0.15, 0.2) is 0 Å². The molecule has 0 spiro atoms. The van der Waals surface area contributed by atoms with E-state index in [0.717, 1.165) is 11.1 Å². The molecule has 0 aliphatic carbocycles. The van der Waals surface area contributed by atoms with Crippen LogP contribution in [-0.2, 0) is 16.0 Å². The lowest BCUT2D eigenvalue weighted by atomic mass is 9.89. The smallest absolute Gasteiger partial charge is 0.308 e. The Labute approximate surface area is 154 Å². The van der Waals surface area contributed by atoms with Crippen LogP contribution in [-0.4, -0.2) is 35.0 Å². The van der Waals surface area contributed by atoms with Crippen molar-refractivity contribution in [1.29, 1.82) is 0 Å². The molecule has 0 aromatic heterocycles. The molecule has 1 heterocycles. The van der Waals surface area contributed by atoms with Crippen molar-refractivity contribution in [3.63, 3.8) is 0 Å². The Morgan fingerprint density at radius 3 is 2.31 bits per heavy atom. The number of benzene rings is 2. The fourth-order valence-corrected chi connectivity index (χ4v) is 3.92. The molecular weight excluding hydrogens is 326 g/mol. The Balaban J connectivity index is 1.67. The number of rotatable bonds is 5. The molecule has 2 atom stereocenters. The van der Waals surface area contributed by atoms with E-state index in [0.29, 0.717) is 25.9 Å². The van der Waals surface area contributed by atoms with Crippen LogP contribution in [0.15, 0.2) is 48.5 Å². The third-order valence-corrected chi connectivity index (χ3v) is 5.13. The maximum atomic E-state index is 12.7. The van der Waals surface area contributed by atoms with E-state index in [4.69, 9.17) is 0 Å². The number of carboxylic acids is 1. The Morgan fingerprint density at radius 1 is 1.04 bits per heavy atom. The summed E-state index contributed by atoms with van der Waals surface area (Å²) in [4.78, 5) is 26.1. The minimum Gasteiger partial charge on any atom is -0.481 e. The fourth-order valence-electron chi connectivity index (χ4n) is 3.92. The highest BCUT2D eigenvalue weighted by atomic mass is 16.4. The summed E-state index contributed by atoms with van der Waals surface area (Å²) in [5.41, 5.74) is 4.54. The maximum Gasteiger partial charge on any atom is 0.308 e.